The molecule has 2 aliphatic rings. The van der Waals surface area contributed by atoms with E-state index in [2.05, 4.69) is 22.3 Å². The number of hydrogen-bond acceptors (Lipinski definition) is 2. The van der Waals surface area contributed by atoms with Crippen LogP contribution in [0.5, 0.6) is 0 Å². The molecule has 3 nitrogen and oxygen atoms in total. The lowest BCUT2D eigenvalue weighted by atomic mass is 10.2. The zero-order valence-electron chi connectivity index (χ0n) is 11.0. The van der Waals surface area contributed by atoms with Crippen molar-refractivity contribution in [3.63, 3.8) is 0 Å². The van der Waals surface area contributed by atoms with Crippen molar-refractivity contribution in [2.75, 3.05) is 0 Å². The maximum Gasteiger partial charge on any atom is 0.293 e. The number of aryl methyl sites for hydroxylation is 1. The van der Waals surface area contributed by atoms with Crippen molar-refractivity contribution < 1.29 is 9.53 Å². The summed E-state index contributed by atoms with van der Waals surface area (Å²) in [6.07, 6.45) is 0. The molecule has 0 bridgehead atoms. The van der Waals surface area contributed by atoms with E-state index in [1.54, 1.807) is 0 Å². The van der Waals surface area contributed by atoms with E-state index >= 15 is 0 Å². The summed E-state index contributed by atoms with van der Waals surface area (Å²) in [7, 11) is 0. The number of fused-ring (bicyclic) bond motifs is 4. The van der Waals surface area contributed by atoms with E-state index in [0.29, 0.717) is 6.47 Å². The lowest BCUT2D eigenvalue weighted by Crippen LogP contribution is -2.17. The smallest absolute Gasteiger partial charge is 0.293 e. The SMILES string of the molecule is CC(C)(C)OC=O.Cc1c2c3cc(Cl)ccc3n1-2. The summed E-state index contributed by atoms with van der Waals surface area (Å²) >= 11 is 5.84. The molecule has 0 aliphatic carbocycles. The van der Waals surface area contributed by atoms with Gasteiger partial charge in [-0.25, -0.2) is 0 Å². The van der Waals surface area contributed by atoms with E-state index < -0.39 is 0 Å². The van der Waals surface area contributed by atoms with E-state index in [1.807, 2.05) is 32.9 Å². The Morgan fingerprint density at radius 1 is 1.33 bits per heavy atom. The van der Waals surface area contributed by atoms with Gasteiger partial charge < -0.3 is 9.30 Å². The fraction of sp³-hybridized carbons (Fsp3) is 0.357. The number of carbonyl (C=O) groups excluding carboxylic acids is 1. The van der Waals surface area contributed by atoms with Crippen LogP contribution in [-0.4, -0.2) is 16.6 Å². The van der Waals surface area contributed by atoms with Crippen LogP contribution in [0.2, 0.25) is 5.02 Å². The normalized spacial score (nSPS) is 11.8. The minimum absolute atomic E-state index is 0.318. The first-order valence-electron chi connectivity index (χ1n) is 5.77. The van der Waals surface area contributed by atoms with Gasteiger partial charge in [0.25, 0.3) is 6.47 Å². The molecule has 0 saturated heterocycles. The van der Waals surface area contributed by atoms with Crippen molar-refractivity contribution in [2.24, 2.45) is 0 Å². The number of rotatable bonds is 1. The van der Waals surface area contributed by atoms with E-state index in [0.717, 1.165) is 5.02 Å². The Morgan fingerprint density at radius 2 is 2.00 bits per heavy atom. The zero-order valence-corrected chi connectivity index (χ0v) is 11.7. The van der Waals surface area contributed by atoms with Crippen LogP contribution < -0.4 is 0 Å². The van der Waals surface area contributed by atoms with Gasteiger partial charge in [0.05, 0.1) is 11.2 Å². The molecule has 18 heavy (non-hydrogen) atoms. The third kappa shape index (κ3) is 2.36. The van der Waals surface area contributed by atoms with Crippen LogP contribution in [0.15, 0.2) is 18.2 Å². The molecule has 0 aromatic heterocycles. The van der Waals surface area contributed by atoms with Gasteiger partial charge in [-0.05, 0) is 45.9 Å². The van der Waals surface area contributed by atoms with Crippen molar-refractivity contribution in [3.8, 4) is 5.69 Å². The molecule has 0 unspecified atom stereocenters. The fourth-order valence-electron chi connectivity index (χ4n) is 1.85. The first-order valence-corrected chi connectivity index (χ1v) is 6.15. The van der Waals surface area contributed by atoms with Crippen molar-refractivity contribution in [1.82, 2.24) is 4.57 Å². The topological polar surface area (TPSA) is 31.2 Å². The molecule has 0 radical (unpaired) electrons. The summed E-state index contributed by atoms with van der Waals surface area (Å²) in [5.41, 5.74) is 3.74. The van der Waals surface area contributed by atoms with Crippen LogP contribution in [0.1, 0.15) is 26.5 Å². The molecule has 0 amide bonds. The second-order valence-electron chi connectivity index (χ2n) is 5.26. The number of hydrogen-bond donors (Lipinski definition) is 0. The third-order valence-electron chi connectivity index (χ3n) is 2.71. The molecule has 0 fully saturated rings. The molecule has 4 heteroatoms. The number of benzene rings is 1. The van der Waals surface area contributed by atoms with Crippen LogP contribution in [0.4, 0.5) is 0 Å². The Kier molecular flexibility index (Phi) is 3.11. The van der Waals surface area contributed by atoms with Gasteiger partial charge in [-0.15, -0.1) is 0 Å². The molecule has 1 aromatic rings. The van der Waals surface area contributed by atoms with Crippen LogP contribution in [0.25, 0.3) is 16.6 Å². The van der Waals surface area contributed by atoms with Crippen LogP contribution >= 0.6 is 11.6 Å². The van der Waals surface area contributed by atoms with Gasteiger partial charge in [0, 0.05) is 16.1 Å². The van der Waals surface area contributed by atoms with Crippen LogP contribution in [0.3, 0.4) is 0 Å². The molecular formula is C14H16ClNO2. The monoisotopic (exact) mass is 265 g/mol. The first kappa shape index (κ1) is 13.0. The van der Waals surface area contributed by atoms with E-state index in [4.69, 9.17) is 11.6 Å². The highest BCUT2D eigenvalue weighted by Gasteiger charge is 2.28. The molecule has 0 saturated carbocycles. The lowest BCUT2D eigenvalue weighted by Gasteiger charge is -2.14. The lowest BCUT2D eigenvalue weighted by molar-refractivity contribution is -0.138. The van der Waals surface area contributed by atoms with E-state index in [1.165, 1.54) is 22.3 Å². The quantitative estimate of drug-likeness (QED) is 0.626. The van der Waals surface area contributed by atoms with Crippen LogP contribution in [-0.2, 0) is 9.53 Å². The van der Waals surface area contributed by atoms with E-state index in [-0.39, 0.29) is 5.60 Å². The second-order valence-corrected chi connectivity index (χ2v) is 5.69. The summed E-state index contributed by atoms with van der Waals surface area (Å²) < 4.78 is 6.79. The molecular weight excluding hydrogens is 250 g/mol. The minimum atomic E-state index is -0.318. The summed E-state index contributed by atoms with van der Waals surface area (Å²) in [5, 5.41) is 2.14. The van der Waals surface area contributed by atoms with Gasteiger partial charge in [-0.2, -0.15) is 0 Å². The largest absolute Gasteiger partial charge is 0.462 e. The fourth-order valence-corrected chi connectivity index (χ4v) is 2.02. The van der Waals surface area contributed by atoms with Crippen LogP contribution in [0, 0.1) is 6.92 Å². The molecule has 2 heterocycles. The standard InChI is InChI=1S/C9H6ClN.C5H10O2/c1-5-9-7-4-6(10)2-3-8(7)11(5)9;1-5(2,3)7-4-6/h2-4H,1H3;4H,1-3H3. The minimum Gasteiger partial charge on any atom is -0.462 e. The number of carbonyl (C=O) groups is 1. The highest BCUT2D eigenvalue weighted by molar-refractivity contribution is 6.31. The summed E-state index contributed by atoms with van der Waals surface area (Å²) in [6.45, 7) is 8.05. The van der Waals surface area contributed by atoms with Gasteiger partial charge in [0.1, 0.15) is 5.60 Å². The summed E-state index contributed by atoms with van der Waals surface area (Å²) in [5.74, 6) is 0. The molecule has 0 N–H and O–H groups in total. The predicted molar refractivity (Wildman–Crippen MR) is 73.5 cm³/mol. The maximum atomic E-state index is 9.60. The molecule has 3 rings (SSSR count). The van der Waals surface area contributed by atoms with Gasteiger partial charge in [0.15, 0.2) is 0 Å². The average molecular weight is 266 g/mol. The van der Waals surface area contributed by atoms with Gasteiger partial charge >= 0.3 is 0 Å². The number of halogens is 1. The Hall–Kier alpha value is -1.48. The number of ether oxygens (including phenoxy) is 1. The Bertz CT molecular complexity index is 608. The Morgan fingerprint density at radius 3 is 2.50 bits per heavy atom. The van der Waals surface area contributed by atoms with E-state index in [9.17, 15) is 4.79 Å². The number of aromatic nitrogens is 1. The highest BCUT2D eigenvalue weighted by Crippen LogP contribution is 2.44. The van der Waals surface area contributed by atoms with Gasteiger partial charge in [0.2, 0.25) is 0 Å². The first-order chi connectivity index (χ1) is 8.35. The van der Waals surface area contributed by atoms with Crippen molar-refractivity contribution in [1.29, 1.82) is 0 Å². The molecule has 2 aliphatic heterocycles. The second kappa shape index (κ2) is 4.32. The molecule has 1 aromatic carbocycles. The van der Waals surface area contributed by atoms with Gasteiger partial charge in [-0.1, -0.05) is 11.6 Å². The highest BCUT2D eigenvalue weighted by atomic mass is 35.5. The Labute approximate surface area is 111 Å². The molecule has 0 atom stereocenters. The number of nitrogens with zero attached hydrogens (tertiary/aromatic N) is 1. The molecule has 0 spiro atoms. The average Bonchev–Trinajstić information content (AvgIpc) is 2.80. The van der Waals surface area contributed by atoms with Gasteiger partial charge in [-0.3, -0.25) is 4.79 Å². The van der Waals surface area contributed by atoms with Crippen molar-refractivity contribution in [3.05, 3.63) is 28.9 Å². The molecule has 96 valence electrons. The predicted octanol–water partition coefficient (Wildman–Crippen LogP) is 3.86. The van der Waals surface area contributed by atoms with Crippen molar-refractivity contribution >= 4 is 29.0 Å². The zero-order chi connectivity index (χ0) is 13.5. The maximum absolute atomic E-state index is 9.60. The third-order valence-corrected chi connectivity index (χ3v) is 2.94. The summed E-state index contributed by atoms with van der Waals surface area (Å²) in [6, 6.07) is 6.03. The van der Waals surface area contributed by atoms with Crippen molar-refractivity contribution in [2.45, 2.75) is 33.3 Å². The summed E-state index contributed by atoms with van der Waals surface area (Å²) in [4.78, 5) is 9.60. The Balaban J connectivity index is 0.000000152.